The zero-order chi connectivity index (χ0) is 20.3. The summed E-state index contributed by atoms with van der Waals surface area (Å²) in [6.45, 7) is 0. The van der Waals surface area contributed by atoms with Gasteiger partial charge in [-0.3, -0.25) is 0 Å². The van der Waals surface area contributed by atoms with E-state index in [2.05, 4.69) is 0 Å². The molecule has 0 unspecified atom stereocenters. The van der Waals surface area contributed by atoms with Gasteiger partial charge in [0.15, 0.2) is 4.90 Å². The lowest BCUT2D eigenvalue weighted by atomic mass is 10.2. The summed E-state index contributed by atoms with van der Waals surface area (Å²) in [5.41, 5.74) is -0.168. The molecule has 0 aliphatic carbocycles. The third-order valence-electron chi connectivity index (χ3n) is 4.07. The van der Waals surface area contributed by atoms with E-state index in [1.165, 1.54) is 39.5 Å². The second kappa shape index (κ2) is 7.77. The van der Waals surface area contributed by atoms with Crippen LogP contribution in [0.5, 0.6) is 17.2 Å². The Kier molecular flexibility index (Phi) is 5.41. The van der Waals surface area contributed by atoms with E-state index in [0.717, 1.165) is 5.41 Å². The van der Waals surface area contributed by atoms with Crippen molar-refractivity contribution in [3.05, 3.63) is 63.9 Å². The van der Waals surface area contributed by atoms with Crippen LogP contribution in [-0.4, -0.2) is 29.7 Å². The van der Waals surface area contributed by atoms with Crippen LogP contribution in [0.4, 0.5) is 0 Å². The molecule has 28 heavy (non-hydrogen) atoms. The fourth-order valence-corrected chi connectivity index (χ4v) is 3.62. The zero-order valence-corrected chi connectivity index (χ0v) is 16.3. The second-order valence-electron chi connectivity index (χ2n) is 5.76. The molecular formula is C20H18O7S. The first-order valence-corrected chi connectivity index (χ1v) is 9.69. The Morgan fingerprint density at radius 2 is 1.57 bits per heavy atom. The molecule has 0 spiro atoms. The summed E-state index contributed by atoms with van der Waals surface area (Å²) in [6, 6.07) is 11.1. The molecule has 0 aliphatic heterocycles. The fourth-order valence-electron chi connectivity index (χ4n) is 2.59. The van der Waals surface area contributed by atoms with E-state index >= 15 is 0 Å². The van der Waals surface area contributed by atoms with Crippen molar-refractivity contribution < 1.29 is 27.0 Å². The summed E-state index contributed by atoms with van der Waals surface area (Å²) in [7, 11) is 0.386. The number of rotatable bonds is 6. The molecule has 0 amide bonds. The first kappa shape index (κ1) is 19.5. The SMILES string of the molecule is COc1ccc(C=CS(=O)(=O)c2cc3c(OC)cc(OC)cc3oc2=O)cc1. The fraction of sp³-hybridized carbons (Fsp3) is 0.150. The highest BCUT2D eigenvalue weighted by Gasteiger charge is 2.20. The van der Waals surface area contributed by atoms with Crippen molar-refractivity contribution in [3.8, 4) is 17.2 Å². The van der Waals surface area contributed by atoms with E-state index in [9.17, 15) is 13.2 Å². The average molecular weight is 402 g/mol. The first-order valence-electron chi connectivity index (χ1n) is 8.15. The minimum absolute atomic E-state index is 0.166. The van der Waals surface area contributed by atoms with Crippen molar-refractivity contribution in [2.75, 3.05) is 21.3 Å². The normalized spacial score (nSPS) is 11.7. The van der Waals surface area contributed by atoms with Gasteiger partial charge in [0.25, 0.3) is 0 Å². The molecule has 0 fully saturated rings. The Morgan fingerprint density at radius 1 is 0.893 bits per heavy atom. The van der Waals surface area contributed by atoms with Crippen LogP contribution in [0.2, 0.25) is 0 Å². The van der Waals surface area contributed by atoms with E-state index in [0.29, 0.717) is 28.2 Å². The van der Waals surface area contributed by atoms with E-state index in [4.69, 9.17) is 18.6 Å². The van der Waals surface area contributed by atoms with Crippen molar-refractivity contribution in [3.63, 3.8) is 0 Å². The van der Waals surface area contributed by atoms with Crippen LogP contribution in [-0.2, 0) is 9.84 Å². The maximum atomic E-state index is 12.7. The van der Waals surface area contributed by atoms with E-state index in [1.807, 2.05) is 0 Å². The highest BCUT2D eigenvalue weighted by Crippen LogP contribution is 2.31. The number of benzene rings is 2. The van der Waals surface area contributed by atoms with Crippen LogP contribution in [0.15, 0.2) is 62.0 Å². The summed E-state index contributed by atoms with van der Waals surface area (Å²) < 4.78 is 46.0. The Hall–Kier alpha value is -3.26. The molecule has 0 radical (unpaired) electrons. The van der Waals surface area contributed by atoms with Gasteiger partial charge in [0.2, 0.25) is 9.84 Å². The van der Waals surface area contributed by atoms with E-state index in [-0.39, 0.29) is 5.58 Å². The van der Waals surface area contributed by atoms with Gasteiger partial charge in [-0.05, 0) is 29.8 Å². The number of fused-ring (bicyclic) bond motifs is 1. The summed E-state index contributed by atoms with van der Waals surface area (Å²) in [4.78, 5) is 11.8. The molecule has 7 nitrogen and oxygen atoms in total. The molecule has 1 aromatic heterocycles. The first-order chi connectivity index (χ1) is 13.4. The van der Waals surface area contributed by atoms with Gasteiger partial charge in [-0.1, -0.05) is 12.1 Å². The highest BCUT2D eigenvalue weighted by molar-refractivity contribution is 7.94. The number of ether oxygens (including phenoxy) is 3. The molecule has 1 heterocycles. The maximum Gasteiger partial charge on any atom is 0.355 e. The molecular weight excluding hydrogens is 384 g/mol. The lowest BCUT2D eigenvalue weighted by Crippen LogP contribution is -2.12. The number of sulfone groups is 1. The standard InChI is InChI=1S/C20H18O7S/c1-24-14-6-4-13(5-7-14)8-9-28(22,23)19-12-16-17(26-3)10-15(25-2)11-18(16)27-20(19)21/h4-12H,1-3H3. The minimum Gasteiger partial charge on any atom is -0.497 e. The molecule has 8 heteroatoms. The lowest BCUT2D eigenvalue weighted by molar-refractivity contribution is 0.395. The molecule has 3 rings (SSSR count). The average Bonchev–Trinajstić information content (AvgIpc) is 2.71. The topological polar surface area (TPSA) is 92.0 Å². The third kappa shape index (κ3) is 3.86. The highest BCUT2D eigenvalue weighted by atomic mass is 32.2. The second-order valence-corrected chi connectivity index (χ2v) is 7.56. The maximum absolute atomic E-state index is 12.7. The van der Waals surface area contributed by atoms with Crippen LogP contribution in [0.25, 0.3) is 17.0 Å². The quantitative estimate of drug-likeness (QED) is 0.584. The monoisotopic (exact) mass is 402 g/mol. The van der Waals surface area contributed by atoms with Gasteiger partial charge in [-0.25, -0.2) is 13.2 Å². The largest absolute Gasteiger partial charge is 0.497 e. The van der Waals surface area contributed by atoms with Gasteiger partial charge in [0, 0.05) is 17.5 Å². The molecule has 0 atom stereocenters. The molecule has 0 bridgehead atoms. The van der Waals surface area contributed by atoms with Crippen molar-refractivity contribution in [1.29, 1.82) is 0 Å². The van der Waals surface area contributed by atoms with E-state index < -0.39 is 20.4 Å². The van der Waals surface area contributed by atoms with Gasteiger partial charge >= 0.3 is 5.63 Å². The Balaban J connectivity index is 2.06. The van der Waals surface area contributed by atoms with Gasteiger partial charge in [-0.2, -0.15) is 0 Å². The number of methoxy groups -OCH3 is 3. The molecule has 3 aromatic rings. The Bertz CT molecular complexity index is 1190. The minimum atomic E-state index is -4.04. The molecule has 0 saturated carbocycles. The molecule has 0 N–H and O–H groups in total. The molecule has 0 aliphatic rings. The van der Waals surface area contributed by atoms with E-state index in [1.54, 1.807) is 30.3 Å². The summed E-state index contributed by atoms with van der Waals surface area (Å²) in [5, 5.41) is 1.31. The molecule has 2 aromatic carbocycles. The predicted octanol–water partition coefficient (Wildman–Crippen LogP) is 3.26. The van der Waals surface area contributed by atoms with Crippen LogP contribution in [0, 0.1) is 0 Å². The third-order valence-corrected chi connectivity index (χ3v) is 5.47. The Morgan fingerprint density at radius 3 is 2.18 bits per heavy atom. The van der Waals surface area contributed by atoms with Crippen molar-refractivity contribution in [1.82, 2.24) is 0 Å². The lowest BCUT2D eigenvalue weighted by Gasteiger charge is -2.08. The van der Waals surface area contributed by atoms with Crippen LogP contribution in [0.3, 0.4) is 0 Å². The summed E-state index contributed by atoms with van der Waals surface area (Å²) in [6.07, 6.45) is 1.39. The van der Waals surface area contributed by atoms with Gasteiger partial charge in [0.1, 0.15) is 22.8 Å². The smallest absolute Gasteiger partial charge is 0.355 e. The van der Waals surface area contributed by atoms with Gasteiger partial charge in [0.05, 0.1) is 26.7 Å². The Labute approximate surface area is 161 Å². The van der Waals surface area contributed by atoms with Crippen molar-refractivity contribution in [2.45, 2.75) is 4.90 Å². The van der Waals surface area contributed by atoms with Crippen molar-refractivity contribution >= 4 is 26.9 Å². The number of hydrogen-bond donors (Lipinski definition) is 0. The van der Waals surface area contributed by atoms with Crippen LogP contribution < -0.4 is 19.8 Å². The zero-order valence-electron chi connectivity index (χ0n) is 15.5. The van der Waals surface area contributed by atoms with Crippen molar-refractivity contribution in [2.24, 2.45) is 0 Å². The van der Waals surface area contributed by atoms with Gasteiger partial charge < -0.3 is 18.6 Å². The van der Waals surface area contributed by atoms with Crippen LogP contribution in [0.1, 0.15) is 5.56 Å². The summed E-state index contributed by atoms with van der Waals surface area (Å²) >= 11 is 0. The molecule has 146 valence electrons. The number of hydrogen-bond acceptors (Lipinski definition) is 7. The van der Waals surface area contributed by atoms with Gasteiger partial charge in [-0.15, -0.1) is 0 Å². The predicted molar refractivity (Wildman–Crippen MR) is 105 cm³/mol. The van der Waals surface area contributed by atoms with Crippen LogP contribution >= 0.6 is 0 Å². The summed E-state index contributed by atoms with van der Waals surface area (Å²) in [5.74, 6) is 1.40. The molecule has 0 saturated heterocycles.